The normalized spacial score (nSPS) is 18.5. The fourth-order valence-corrected chi connectivity index (χ4v) is 4.57. The van der Waals surface area contributed by atoms with Crippen LogP contribution >= 0.6 is 11.6 Å². The number of halogens is 2. The number of nitrogens with one attached hydrogen (secondary N) is 2. The van der Waals surface area contributed by atoms with E-state index in [-0.39, 0.29) is 23.0 Å². The first kappa shape index (κ1) is 24.9. The third kappa shape index (κ3) is 4.69. The first-order valence-corrected chi connectivity index (χ1v) is 12.1. The van der Waals surface area contributed by atoms with Crippen molar-refractivity contribution in [3.63, 3.8) is 0 Å². The van der Waals surface area contributed by atoms with Crippen LogP contribution in [0.4, 0.5) is 16.2 Å². The highest BCUT2D eigenvalue weighted by atomic mass is 35.5. The number of aryl methyl sites for hydroxylation is 1. The molecule has 4 aromatic heterocycles. The largest absolute Gasteiger partial charge is 0.450 e. The number of aromatic nitrogens is 7. The molecule has 1 aliphatic heterocycles. The predicted molar refractivity (Wildman–Crippen MR) is 139 cm³/mol. The molecule has 1 aliphatic rings. The molecule has 0 radical (unpaired) electrons. The van der Waals surface area contributed by atoms with Crippen molar-refractivity contribution in [2.75, 3.05) is 18.4 Å². The van der Waals surface area contributed by atoms with E-state index in [0.29, 0.717) is 46.7 Å². The molecule has 1 fully saturated rings. The van der Waals surface area contributed by atoms with Gasteiger partial charge in [-0.1, -0.05) is 32.4 Å². The van der Waals surface area contributed by atoms with Crippen molar-refractivity contribution in [2.45, 2.75) is 38.4 Å². The third-order valence-corrected chi connectivity index (χ3v) is 6.53. The Balaban J connectivity index is 1.47. The van der Waals surface area contributed by atoms with Gasteiger partial charge in [0.15, 0.2) is 23.0 Å². The van der Waals surface area contributed by atoms with E-state index in [4.69, 9.17) is 27.2 Å². The first-order chi connectivity index (χ1) is 17.7. The van der Waals surface area contributed by atoms with E-state index in [1.165, 1.54) is 24.8 Å². The molecular weight excluding hydrogens is 499 g/mol. The molecule has 0 amide bonds. The van der Waals surface area contributed by atoms with Gasteiger partial charge in [0.25, 0.3) is 0 Å². The van der Waals surface area contributed by atoms with Crippen molar-refractivity contribution < 1.29 is 9.13 Å². The van der Waals surface area contributed by atoms with Gasteiger partial charge in [0.2, 0.25) is 5.95 Å². The van der Waals surface area contributed by atoms with Crippen LogP contribution in [-0.2, 0) is 12.5 Å². The molecular formula is C24H28ClFN10O. The van der Waals surface area contributed by atoms with Crippen molar-refractivity contribution in [2.24, 2.45) is 12.8 Å². The molecule has 0 saturated carbocycles. The molecule has 0 unspecified atom stereocenters. The molecule has 4 N–H and O–H groups in total. The standard InChI is InChI=1S/C24H28ClFN10O/c1-24(2,3)18-7-19(34-36(18)15-11-29-9-13(15)26)32-23-33-22-21(35(23)4)20(25)17(12-31-22)37-16(8-27)14-10-28-5-6-30-14/h5-8,10,12-13,15,29H,9,11,27H2,1-4H3,(H,31,32,33,34)/t13-,15-/m1/s1. The van der Waals surface area contributed by atoms with Gasteiger partial charge in [0.1, 0.15) is 22.4 Å². The van der Waals surface area contributed by atoms with Gasteiger partial charge in [-0.15, -0.1) is 0 Å². The summed E-state index contributed by atoms with van der Waals surface area (Å²) in [7, 11) is 1.80. The minimum absolute atomic E-state index is 0.240. The fourth-order valence-electron chi connectivity index (χ4n) is 4.27. The molecule has 0 aromatic carbocycles. The molecule has 0 aliphatic carbocycles. The summed E-state index contributed by atoms with van der Waals surface area (Å²) in [5.41, 5.74) is 7.85. The Morgan fingerprint density at radius 1 is 1.27 bits per heavy atom. The van der Waals surface area contributed by atoms with Crippen LogP contribution in [0.2, 0.25) is 5.02 Å². The second-order valence-corrected chi connectivity index (χ2v) is 10.2. The van der Waals surface area contributed by atoms with Gasteiger partial charge in [0.05, 0.1) is 18.4 Å². The zero-order chi connectivity index (χ0) is 26.3. The molecule has 0 spiro atoms. The maximum atomic E-state index is 14.6. The molecule has 37 heavy (non-hydrogen) atoms. The van der Waals surface area contributed by atoms with Crippen molar-refractivity contribution in [1.82, 2.24) is 39.6 Å². The third-order valence-electron chi connectivity index (χ3n) is 6.16. The number of nitrogens with zero attached hydrogens (tertiary/aromatic N) is 7. The number of anilines is 2. The Hall–Kier alpha value is -3.77. The maximum Gasteiger partial charge on any atom is 0.210 e. The molecule has 194 valence electrons. The minimum atomic E-state index is -1.01. The number of hydrogen-bond acceptors (Lipinski definition) is 9. The first-order valence-electron chi connectivity index (χ1n) is 11.8. The van der Waals surface area contributed by atoms with Crippen LogP contribution in [0.5, 0.6) is 5.75 Å². The number of pyridine rings is 1. The summed E-state index contributed by atoms with van der Waals surface area (Å²) >= 11 is 6.72. The number of nitrogens with two attached hydrogens (primary N) is 1. The monoisotopic (exact) mass is 526 g/mol. The topological polar surface area (TPSA) is 134 Å². The van der Waals surface area contributed by atoms with Crippen molar-refractivity contribution in [3.8, 4) is 5.75 Å². The van der Waals surface area contributed by atoms with Crippen molar-refractivity contribution in [3.05, 3.63) is 53.5 Å². The number of rotatable bonds is 6. The van der Waals surface area contributed by atoms with Gasteiger partial charge in [-0.05, 0) is 0 Å². The minimum Gasteiger partial charge on any atom is -0.450 e. The summed E-state index contributed by atoms with van der Waals surface area (Å²) in [5.74, 6) is 1.58. The van der Waals surface area contributed by atoms with Crippen LogP contribution in [0.25, 0.3) is 16.9 Å². The Labute approximate surface area is 217 Å². The lowest BCUT2D eigenvalue weighted by Crippen LogP contribution is -2.27. The van der Waals surface area contributed by atoms with Gasteiger partial charge >= 0.3 is 0 Å². The lowest BCUT2D eigenvalue weighted by molar-refractivity contribution is 0.260. The zero-order valence-electron chi connectivity index (χ0n) is 20.9. The van der Waals surface area contributed by atoms with Crippen LogP contribution in [0.1, 0.15) is 38.2 Å². The van der Waals surface area contributed by atoms with Crippen LogP contribution in [0, 0.1) is 0 Å². The average molecular weight is 527 g/mol. The summed E-state index contributed by atoms with van der Waals surface area (Å²) in [6, 6.07) is 1.55. The molecule has 4 aromatic rings. The summed E-state index contributed by atoms with van der Waals surface area (Å²) in [6.07, 6.45) is 6.36. The smallest absolute Gasteiger partial charge is 0.210 e. The van der Waals surface area contributed by atoms with E-state index >= 15 is 0 Å². The summed E-state index contributed by atoms with van der Waals surface area (Å²) in [5, 5.41) is 11.3. The van der Waals surface area contributed by atoms with Crippen LogP contribution < -0.4 is 21.1 Å². The highest BCUT2D eigenvalue weighted by molar-refractivity contribution is 6.36. The van der Waals surface area contributed by atoms with Crippen LogP contribution in [0.3, 0.4) is 0 Å². The fraction of sp³-hybridized carbons (Fsp3) is 0.375. The number of imidazole rings is 1. The molecule has 2 atom stereocenters. The predicted octanol–water partition coefficient (Wildman–Crippen LogP) is 3.47. The SMILES string of the molecule is Cn1c(Nc2cc(C(C)(C)C)n([C@@H]3CNC[C@H]3F)n2)nc2ncc(OC(=CN)c3cnccn3)c(Cl)c21. The number of hydrogen-bond donors (Lipinski definition) is 3. The van der Waals surface area contributed by atoms with E-state index in [1.807, 2.05) is 6.07 Å². The number of fused-ring (bicyclic) bond motifs is 1. The maximum absolute atomic E-state index is 14.6. The molecule has 1 saturated heterocycles. The van der Waals surface area contributed by atoms with Gasteiger partial charge in [0, 0.05) is 55.9 Å². The Kier molecular flexibility index (Phi) is 6.46. The number of alkyl halides is 1. The van der Waals surface area contributed by atoms with E-state index < -0.39 is 6.17 Å². The molecule has 11 nitrogen and oxygen atoms in total. The van der Waals surface area contributed by atoms with Crippen molar-refractivity contribution >= 4 is 40.3 Å². The molecule has 13 heteroatoms. The second-order valence-electron chi connectivity index (χ2n) is 9.80. The van der Waals surface area contributed by atoms with E-state index in [0.717, 1.165) is 5.69 Å². The average Bonchev–Trinajstić information content (AvgIpc) is 3.57. The van der Waals surface area contributed by atoms with Crippen molar-refractivity contribution in [1.29, 1.82) is 0 Å². The summed E-state index contributed by atoms with van der Waals surface area (Å²) < 4.78 is 24.0. The van der Waals surface area contributed by atoms with Gasteiger partial charge in [-0.3, -0.25) is 9.67 Å². The zero-order valence-corrected chi connectivity index (χ0v) is 21.7. The lowest BCUT2D eigenvalue weighted by Gasteiger charge is -2.24. The van der Waals surface area contributed by atoms with Crippen LogP contribution in [0.15, 0.2) is 37.1 Å². The molecule has 5 heterocycles. The highest BCUT2D eigenvalue weighted by Gasteiger charge is 2.34. The van der Waals surface area contributed by atoms with Gasteiger partial charge < -0.3 is 25.7 Å². The molecule has 5 rings (SSSR count). The van der Waals surface area contributed by atoms with E-state index in [9.17, 15) is 4.39 Å². The summed E-state index contributed by atoms with van der Waals surface area (Å²) in [6.45, 7) is 7.06. The second kappa shape index (κ2) is 9.60. The summed E-state index contributed by atoms with van der Waals surface area (Å²) in [4.78, 5) is 17.2. The van der Waals surface area contributed by atoms with Crippen LogP contribution in [-0.4, -0.2) is 53.5 Å². The Morgan fingerprint density at radius 3 is 2.73 bits per heavy atom. The quantitative estimate of drug-likeness (QED) is 0.323. The highest BCUT2D eigenvalue weighted by Crippen LogP contribution is 2.36. The Bertz CT molecular complexity index is 1460. The lowest BCUT2D eigenvalue weighted by atomic mass is 9.91. The van der Waals surface area contributed by atoms with Gasteiger partial charge in [-0.2, -0.15) is 10.1 Å². The van der Waals surface area contributed by atoms with Gasteiger partial charge in [-0.25, -0.2) is 14.4 Å². The molecule has 0 bridgehead atoms. The van der Waals surface area contributed by atoms with E-state index in [1.54, 1.807) is 22.5 Å². The number of ether oxygens (including phenoxy) is 1. The van der Waals surface area contributed by atoms with E-state index in [2.05, 4.69) is 51.3 Å². The Morgan fingerprint density at radius 2 is 2.08 bits per heavy atom.